The van der Waals surface area contributed by atoms with Crippen molar-refractivity contribution in [1.29, 1.82) is 0 Å². The highest BCUT2D eigenvalue weighted by Gasteiger charge is 2.13. The summed E-state index contributed by atoms with van der Waals surface area (Å²) in [6.07, 6.45) is 2.49. The molecule has 0 fully saturated rings. The minimum absolute atomic E-state index is 0.210. The van der Waals surface area contributed by atoms with Gasteiger partial charge in [-0.2, -0.15) is 0 Å². The van der Waals surface area contributed by atoms with Crippen molar-refractivity contribution < 1.29 is 19.7 Å². The summed E-state index contributed by atoms with van der Waals surface area (Å²) in [6, 6.07) is 16.7. The average Bonchev–Trinajstić information content (AvgIpc) is 2.71. The second-order valence-electron chi connectivity index (χ2n) is 7.03. The molecule has 0 saturated heterocycles. The van der Waals surface area contributed by atoms with E-state index >= 15 is 0 Å². The zero-order valence-electron chi connectivity index (χ0n) is 16.5. The number of aryl methyl sites for hydroxylation is 1. The number of benzene rings is 3. The number of carbonyl (C=O) groups is 1. The summed E-state index contributed by atoms with van der Waals surface area (Å²) in [4.78, 5) is 10.7. The fraction of sp³-hybridized carbons (Fsp3) is 0.208. The van der Waals surface area contributed by atoms with Crippen molar-refractivity contribution in [2.45, 2.75) is 26.2 Å². The van der Waals surface area contributed by atoms with E-state index in [0.29, 0.717) is 27.8 Å². The Labute approximate surface area is 185 Å². The van der Waals surface area contributed by atoms with Crippen molar-refractivity contribution in [1.82, 2.24) is 0 Å². The third-order valence-corrected chi connectivity index (χ3v) is 5.37. The molecule has 0 aliphatic heterocycles. The average molecular weight is 445 g/mol. The normalized spacial score (nSPS) is 10.8. The minimum Gasteiger partial charge on any atom is -0.507 e. The molecule has 156 valence electrons. The lowest BCUT2D eigenvalue weighted by atomic mass is 9.96. The Hall–Kier alpha value is -2.69. The first kappa shape index (κ1) is 22.0. The lowest BCUT2D eigenvalue weighted by Crippen LogP contribution is -2.09. The number of hydrogen-bond acceptors (Lipinski definition) is 3. The van der Waals surface area contributed by atoms with Gasteiger partial charge in [0.1, 0.15) is 11.5 Å². The van der Waals surface area contributed by atoms with Gasteiger partial charge in [0, 0.05) is 22.0 Å². The number of carboxylic acid groups (broad SMARTS) is 1. The lowest BCUT2D eigenvalue weighted by molar-refractivity contribution is -0.139. The number of carboxylic acids is 1. The molecule has 0 heterocycles. The molecule has 0 aliphatic rings. The summed E-state index contributed by atoms with van der Waals surface area (Å²) in [5.41, 5.74) is 4.57. The molecule has 0 aliphatic carbocycles. The van der Waals surface area contributed by atoms with Crippen molar-refractivity contribution in [3.8, 4) is 22.6 Å². The Kier molecular flexibility index (Phi) is 7.24. The van der Waals surface area contributed by atoms with Crippen LogP contribution < -0.4 is 4.74 Å². The zero-order chi connectivity index (χ0) is 21.7. The first-order valence-electron chi connectivity index (χ1n) is 9.61. The van der Waals surface area contributed by atoms with E-state index in [1.807, 2.05) is 24.3 Å². The van der Waals surface area contributed by atoms with Crippen LogP contribution in [0, 0.1) is 0 Å². The van der Waals surface area contributed by atoms with Gasteiger partial charge in [-0.25, -0.2) is 4.79 Å². The minimum atomic E-state index is -1.08. The standard InChI is InChI=1S/C24H22Cl2O4/c1-2-4-15-5-3-6-17(9-15)19-10-16(7-8-23(19)27)11-20-21(25)12-18(13-22(20)26)30-14-24(28)29/h3,5-10,12-13,27H,2,4,11,14H2,1H3,(H,28,29). The van der Waals surface area contributed by atoms with Crippen molar-refractivity contribution in [3.05, 3.63) is 81.3 Å². The van der Waals surface area contributed by atoms with E-state index in [1.165, 1.54) is 5.56 Å². The lowest BCUT2D eigenvalue weighted by Gasteiger charge is -2.13. The van der Waals surface area contributed by atoms with Gasteiger partial charge in [-0.1, -0.05) is 66.9 Å². The molecule has 0 aromatic heterocycles. The summed E-state index contributed by atoms with van der Waals surface area (Å²) in [5.74, 6) is -0.566. The van der Waals surface area contributed by atoms with Crippen molar-refractivity contribution in [2.24, 2.45) is 0 Å². The highest BCUT2D eigenvalue weighted by atomic mass is 35.5. The molecule has 3 aromatic rings. The predicted octanol–water partition coefficient (Wildman–Crippen LogP) is 6.37. The van der Waals surface area contributed by atoms with Crippen LogP contribution in [0.15, 0.2) is 54.6 Å². The molecule has 3 rings (SSSR count). The SMILES string of the molecule is CCCc1cccc(-c2cc(Cc3c(Cl)cc(OCC(=O)O)cc3Cl)ccc2O)c1. The number of phenolic OH excluding ortho intramolecular Hbond substituents is 1. The summed E-state index contributed by atoms with van der Waals surface area (Å²) in [5, 5.41) is 19.9. The van der Waals surface area contributed by atoms with Gasteiger partial charge < -0.3 is 14.9 Å². The van der Waals surface area contributed by atoms with Crippen LogP contribution >= 0.6 is 23.2 Å². The van der Waals surface area contributed by atoms with Gasteiger partial charge in [0.05, 0.1) is 0 Å². The smallest absolute Gasteiger partial charge is 0.341 e. The van der Waals surface area contributed by atoms with Gasteiger partial charge in [-0.05, 0) is 52.9 Å². The van der Waals surface area contributed by atoms with Crippen LogP contribution in [0.3, 0.4) is 0 Å². The van der Waals surface area contributed by atoms with E-state index in [-0.39, 0.29) is 5.75 Å². The number of rotatable bonds is 8. The van der Waals surface area contributed by atoms with Crippen LogP contribution in [-0.2, 0) is 17.6 Å². The maximum absolute atomic E-state index is 10.7. The summed E-state index contributed by atoms with van der Waals surface area (Å²) >= 11 is 12.8. The maximum atomic E-state index is 10.7. The topological polar surface area (TPSA) is 66.8 Å². The summed E-state index contributed by atoms with van der Waals surface area (Å²) in [7, 11) is 0. The predicted molar refractivity (Wildman–Crippen MR) is 120 cm³/mol. The second-order valence-corrected chi connectivity index (χ2v) is 7.84. The fourth-order valence-corrected chi connectivity index (χ4v) is 3.89. The Balaban J connectivity index is 1.89. The quantitative estimate of drug-likeness (QED) is 0.423. The Morgan fingerprint density at radius 2 is 1.73 bits per heavy atom. The molecule has 0 atom stereocenters. The highest BCUT2D eigenvalue weighted by Crippen LogP contribution is 2.35. The Bertz CT molecular complexity index is 1040. The van der Waals surface area contributed by atoms with Crippen LogP contribution in [0.4, 0.5) is 0 Å². The van der Waals surface area contributed by atoms with Crippen molar-refractivity contribution in [2.75, 3.05) is 6.61 Å². The van der Waals surface area contributed by atoms with Crippen LogP contribution in [-0.4, -0.2) is 22.8 Å². The number of hydrogen-bond donors (Lipinski definition) is 2. The Morgan fingerprint density at radius 1 is 1.00 bits per heavy atom. The number of halogens is 2. The van der Waals surface area contributed by atoms with Crippen LogP contribution in [0.2, 0.25) is 10.0 Å². The van der Waals surface area contributed by atoms with Gasteiger partial charge in [-0.15, -0.1) is 0 Å². The maximum Gasteiger partial charge on any atom is 0.341 e. The van der Waals surface area contributed by atoms with Gasteiger partial charge in [0.15, 0.2) is 6.61 Å². The molecule has 3 aromatic carbocycles. The first-order valence-corrected chi connectivity index (χ1v) is 10.4. The Morgan fingerprint density at radius 3 is 2.40 bits per heavy atom. The number of aliphatic carboxylic acids is 1. The largest absolute Gasteiger partial charge is 0.507 e. The molecular weight excluding hydrogens is 423 g/mol. The monoisotopic (exact) mass is 444 g/mol. The van der Waals surface area contributed by atoms with Gasteiger partial charge in [0.25, 0.3) is 0 Å². The number of aromatic hydroxyl groups is 1. The van der Waals surface area contributed by atoms with E-state index in [9.17, 15) is 9.90 Å². The molecule has 0 unspecified atom stereocenters. The molecule has 0 spiro atoms. The van der Waals surface area contributed by atoms with Crippen LogP contribution in [0.5, 0.6) is 11.5 Å². The number of phenols is 1. The molecule has 0 amide bonds. The van der Waals surface area contributed by atoms with Crippen molar-refractivity contribution in [3.63, 3.8) is 0 Å². The number of ether oxygens (including phenoxy) is 1. The molecule has 4 nitrogen and oxygen atoms in total. The van der Waals surface area contributed by atoms with Crippen LogP contribution in [0.1, 0.15) is 30.0 Å². The molecule has 0 radical (unpaired) electrons. The van der Waals surface area contributed by atoms with E-state index < -0.39 is 12.6 Å². The fourth-order valence-electron chi connectivity index (χ4n) is 3.29. The molecule has 6 heteroatoms. The van der Waals surface area contributed by atoms with E-state index in [0.717, 1.165) is 29.5 Å². The molecule has 2 N–H and O–H groups in total. The van der Waals surface area contributed by atoms with Gasteiger partial charge >= 0.3 is 5.97 Å². The van der Waals surface area contributed by atoms with E-state index in [1.54, 1.807) is 18.2 Å². The van der Waals surface area contributed by atoms with E-state index in [4.69, 9.17) is 33.0 Å². The first-order chi connectivity index (χ1) is 14.4. The third-order valence-electron chi connectivity index (χ3n) is 4.70. The van der Waals surface area contributed by atoms with Crippen LogP contribution in [0.25, 0.3) is 11.1 Å². The van der Waals surface area contributed by atoms with Gasteiger partial charge in [-0.3, -0.25) is 0 Å². The zero-order valence-corrected chi connectivity index (χ0v) is 18.0. The second kappa shape index (κ2) is 9.88. The summed E-state index contributed by atoms with van der Waals surface area (Å²) < 4.78 is 5.16. The molecule has 30 heavy (non-hydrogen) atoms. The van der Waals surface area contributed by atoms with Crippen molar-refractivity contribution >= 4 is 29.2 Å². The molecule has 0 bridgehead atoms. The summed E-state index contributed by atoms with van der Waals surface area (Å²) in [6.45, 7) is 1.67. The molecular formula is C24H22Cl2O4. The highest BCUT2D eigenvalue weighted by molar-refractivity contribution is 6.36. The molecule has 0 saturated carbocycles. The van der Waals surface area contributed by atoms with Gasteiger partial charge in [0.2, 0.25) is 0 Å². The van der Waals surface area contributed by atoms with E-state index in [2.05, 4.69) is 19.1 Å². The third kappa shape index (κ3) is 5.47.